The van der Waals surface area contributed by atoms with Gasteiger partial charge in [-0.3, -0.25) is 19.7 Å². The summed E-state index contributed by atoms with van der Waals surface area (Å²) < 4.78 is 0. The molecule has 0 spiro atoms. The van der Waals surface area contributed by atoms with Gasteiger partial charge in [-0.15, -0.1) is 0 Å². The van der Waals surface area contributed by atoms with E-state index in [0.29, 0.717) is 16.7 Å². The molecule has 0 bridgehead atoms. The molecule has 132 valence electrons. The molecule has 2 N–H and O–H groups in total. The number of carbonyl (C=O) groups excluding carboxylic acids is 2. The second-order valence-corrected chi connectivity index (χ2v) is 5.30. The average molecular weight is 351 g/mol. The Morgan fingerprint density at radius 1 is 1.12 bits per heavy atom. The highest BCUT2D eigenvalue weighted by molar-refractivity contribution is 5.96. The summed E-state index contributed by atoms with van der Waals surface area (Å²) in [5.74, 6) is 5.21. The summed E-state index contributed by atoms with van der Waals surface area (Å²) in [6, 6.07) is 12.7. The summed E-state index contributed by atoms with van der Waals surface area (Å²) in [6.07, 6.45) is 0.106. The van der Waals surface area contributed by atoms with Crippen molar-refractivity contribution in [2.45, 2.75) is 6.42 Å². The number of nitrogens with zero attached hydrogens (tertiary/aromatic N) is 1. The van der Waals surface area contributed by atoms with Gasteiger partial charge in [-0.1, -0.05) is 36.1 Å². The summed E-state index contributed by atoms with van der Waals surface area (Å²) in [6.45, 7) is 0.133. The topological polar surface area (TPSA) is 101 Å². The molecule has 0 heterocycles. The van der Waals surface area contributed by atoms with Gasteiger partial charge in [0, 0.05) is 24.7 Å². The molecule has 0 aliphatic heterocycles. The van der Waals surface area contributed by atoms with Gasteiger partial charge in [-0.05, 0) is 17.7 Å². The third kappa shape index (κ3) is 5.18. The molecule has 0 aliphatic carbocycles. The van der Waals surface area contributed by atoms with Crippen molar-refractivity contribution in [2.75, 3.05) is 13.6 Å². The van der Waals surface area contributed by atoms with E-state index in [1.807, 2.05) is 0 Å². The lowest BCUT2D eigenvalue weighted by molar-refractivity contribution is -0.384. The molecule has 2 amide bonds. The van der Waals surface area contributed by atoms with Crippen molar-refractivity contribution in [2.24, 2.45) is 0 Å². The zero-order valence-corrected chi connectivity index (χ0v) is 14.1. The van der Waals surface area contributed by atoms with Crippen LogP contribution in [0.5, 0.6) is 0 Å². The van der Waals surface area contributed by atoms with E-state index in [1.54, 1.807) is 43.4 Å². The summed E-state index contributed by atoms with van der Waals surface area (Å²) in [4.78, 5) is 33.7. The molecule has 0 unspecified atom stereocenters. The lowest BCUT2D eigenvalue weighted by atomic mass is 10.1. The third-order valence-electron chi connectivity index (χ3n) is 3.51. The van der Waals surface area contributed by atoms with Crippen LogP contribution in [0.2, 0.25) is 0 Å². The maximum Gasteiger partial charge on any atom is 0.269 e. The first-order chi connectivity index (χ1) is 12.5. The van der Waals surface area contributed by atoms with E-state index in [0.717, 1.165) is 0 Å². The molecule has 2 aromatic rings. The van der Waals surface area contributed by atoms with Crippen LogP contribution in [0.25, 0.3) is 0 Å². The molecule has 7 heteroatoms. The Morgan fingerprint density at radius 2 is 1.81 bits per heavy atom. The van der Waals surface area contributed by atoms with E-state index >= 15 is 0 Å². The van der Waals surface area contributed by atoms with Crippen molar-refractivity contribution < 1.29 is 14.5 Å². The highest BCUT2D eigenvalue weighted by Crippen LogP contribution is 2.12. The second-order valence-electron chi connectivity index (χ2n) is 5.30. The minimum Gasteiger partial charge on any atom is -0.355 e. The van der Waals surface area contributed by atoms with Gasteiger partial charge in [-0.25, -0.2) is 0 Å². The van der Waals surface area contributed by atoms with Crippen molar-refractivity contribution in [3.63, 3.8) is 0 Å². The van der Waals surface area contributed by atoms with Crippen LogP contribution in [-0.2, 0) is 11.2 Å². The zero-order valence-electron chi connectivity index (χ0n) is 14.1. The highest BCUT2D eigenvalue weighted by atomic mass is 16.6. The number of rotatable bonds is 5. The van der Waals surface area contributed by atoms with Gasteiger partial charge in [0.2, 0.25) is 5.91 Å². The minimum atomic E-state index is -0.490. The molecule has 0 radical (unpaired) electrons. The van der Waals surface area contributed by atoms with Crippen LogP contribution in [0.3, 0.4) is 0 Å². The Kier molecular flexibility index (Phi) is 6.46. The van der Waals surface area contributed by atoms with E-state index < -0.39 is 4.92 Å². The number of hydrogen-bond acceptors (Lipinski definition) is 4. The molecule has 0 fully saturated rings. The van der Waals surface area contributed by atoms with Gasteiger partial charge in [0.1, 0.15) is 0 Å². The molecular weight excluding hydrogens is 334 g/mol. The van der Waals surface area contributed by atoms with E-state index in [-0.39, 0.29) is 30.5 Å². The predicted octanol–water partition coefficient (Wildman–Crippen LogP) is 1.66. The lowest BCUT2D eigenvalue weighted by Crippen LogP contribution is -2.25. The van der Waals surface area contributed by atoms with E-state index in [2.05, 4.69) is 22.5 Å². The number of carbonyl (C=O) groups is 2. The molecular formula is C19H17N3O4. The first-order valence-electron chi connectivity index (χ1n) is 7.81. The first-order valence-corrected chi connectivity index (χ1v) is 7.81. The summed E-state index contributed by atoms with van der Waals surface area (Å²) in [5.41, 5.74) is 1.71. The van der Waals surface area contributed by atoms with Crippen LogP contribution >= 0.6 is 0 Å². The number of nitro groups is 1. The summed E-state index contributed by atoms with van der Waals surface area (Å²) in [5, 5.41) is 15.8. The number of benzene rings is 2. The maximum atomic E-state index is 11.9. The van der Waals surface area contributed by atoms with Crippen LogP contribution in [0.15, 0.2) is 48.5 Å². The largest absolute Gasteiger partial charge is 0.355 e. The minimum absolute atomic E-state index is 0.0187. The molecule has 2 aromatic carbocycles. The van der Waals surface area contributed by atoms with Crippen LogP contribution in [0.1, 0.15) is 21.5 Å². The average Bonchev–Trinajstić information content (AvgIpc) is 2.65. The molecule has 26 heavy (non-hydrogen) atoms. The normalized spacial score (nSPS) is 9.58. The standard InChI is InChI=1S/C19H17N3O4/c1-20-19(24)17-7-3-2-5-15(17)6-4-12-21-18(23)13-14-8-10-16(11-9-14)22(25)26/h2-3,5,7-11H,12-13H2,1H3,(H,20,24)(H,21,23). The smallest absolute Gasteiger partial charge is 0.269 e. The van der Waals surface area contributed by atoms with Crippen LogP contribution in [0, 0.1) is 22.0 Å². The Hall–Kier alpha value is -3.66. The zero-order chi connectivity index (χ0) is 18.9. The second kappa shape index (κ2) is 8.99. The Bertz CT molecular complexity index is 880. The predicted molar refractivity (Wildman–Crippen MR) is 96.5 cm³/mol. The number of amides is 2. The Labute approximate surface area is 150 Å². The monoisotopic (exact) mass is 351 g/mol. The van der Waals surface area contributed by atoms with Crippen molar-refractivity contribution in [1.82, 2.24) is 10.6 Å². The summed E-state index contributed by atoms with van der Waals surface area (Å²) in [7, 11) is 1.55. The SMILES string of the molecule is CNC(=O)c1ccccc1C#CCNC(=O)Cc1ccc([N+](=O)[O-])cc1. The maximum absolute atomic E-state index is 11.9. The molecule has 7 nitrogen and oxygen atoms in total. The molecule has 0 saturated carbocycles. The van der Waals surface area contributed by atoms with Crippen molar-refractivity contribution in [3.05, 3.63) is 75.3 Å². The first kappa shape index (κ1) is 18.7. The fraction of sp³-hybridized carbons (Fsp3) is 0.158. The molecule has 0 atom stereocenters. The van der Waals surface area contributed by atoms with Crippen LogP contribution < -0.4 is 10.6 Å². The Balaban J connectivity index is 1.91. The van der Waals surface area contributed by atoms with E-state index in [9.17, 15) is 19.7 Å². The molecule has 0 saturated heterocycles. The number of nitrogens with one attached hydrogen (secondary N) is 2. The molecule has 2 rings (SSSR count). The number of hydrogen-bond donors (Lipinski definition) is 2. The van der Waals surface area contributed by atoms with Crippen molar-refractivity contribution in [1.29, 1.82) is 0 Å². The quantitative estimate of drug-likeness (QED) is 0.486. The van der Waals surface area contributed by atoms with Gasteiger partial charge in [0.15, 0.2) is 0 Å². The fourth-order valence-electron chi connectivity index (χ4n) is 2.19. The third-order valence-corrected chi connectivity index (χ3v) is 3.51. The molecule has 0 aromatic heterocycles. The van der Waals surface area contributed by atoms with Crippen molar-refractivity contribution >= 4 is 17.5 Å². The van der Waals surface area contributed by atoms with Gasteiger partial charge in [-0.2, -0.15) is 0 Å². The Morgan fingerprint density at radius 3 is 2.46 bits per heavy atom. The van der Waals surface area contributed by atoms with Crippen LogP contribution in [0.4, 0.5) is 5.69 Å². The summed E-state index contributed by atoms with van der Waals surface area (Å²) >= 11 is 0. The van der Waals surface area contributed by atoms with Crippen molar-refractivity contribution in [3.8, 4) is 11.8 Å². The molecule has 0 aliphatic rings. The van der Waals surface area contributed by atoms with Gasteiger partial charge < -0.3 is 10.6 Å². The van der Waals surface area contributed by atoms with E-state index in [4.69, 9.17) is 0 Å². The highest BCUT2D eigenvalue weighted by Gasteiger charge is 2.08. The number of non-ortho nitro benzene ring substituents is 1. The fourth-order valence-corrected chi connectivity index (χ4v) is 2.19. The van der Waals surface area contributed by atoms with Gasteiger partial charge in [0.05, 0.1) is 23.5 Å². The van der Waals surface area contributed by atoms with Gasteiger partial charge in [0.25, 0.3) is 11.6 Å². The number of nitro benzene ring substituents is 1. The lowest BCUT2D eigenvalue weighted by Gasteiger charge is -2.03. The van der Waals surface area contributed by atoms with E-state index in [1.165, 1.54) is 12.1 Å². The van der Waals surface area contributed by atoms with Crippen LogP contribution in [-0.4, -0.2) is 30.3 Å². The van der Waals surface area contributed by atoms with Gasteiger partial charge >= 0.3 is 0 Å².